The average molecular weight is 569 g/mol. The highest BCUT2D eigenvalue weighted by molar-refractivity contribution is 5.89. The first-order chi connectivity index (χ1) is 18.5. The molecule has 0 aromatic carbocycles. The van der Waals surface area contributed by atoms with Crippen molar-refractivity contribution >= 4 is 23.9 Å². The van der Waals surface area contributed by atoms with Crippen LogP contribution >= 0.6 is 0 Å². The van der Waals surface area contributed by atoms with Crippen LogP contribution in [0.2, 0.25) is 0 Å². The largest absolute Gasteiger partial charge is 0.462 e. The molecule has 0 aromatic heterocycles. The van der Waals surface area contributed by atoms with Gasteiger partial charge in [-0.2, -0.15) is 0 Å². The van der Waals surface area contributed by atoms with Crippen molar-refractivity contribution in [3.05, 3.63) is 11.6 Å². The van der Waals surface area contributed by atoms with Crippen LogP contribution in [0.5, 0.6) is 0 Å². The predicted molar refractivity (Wildman–Crippen MR) is 135 cm³/mol. The van der Waals surface area contributed by atoms with Gasteiger partial charge in [-0.15, -0.1) is 0 Å². The molecule has 3 fully saturated rings. The summed E-state index contributed by atoms with van der Waals surface area (Å²) in [5.41, 5.74) is -6.51. The fourth-order valence-electron chi connectivity index (χ4n) is 7.19. The van der Waals surface area contributed by atoms with Crippen LogP contribution in [0.4, 0.5) is 0 Å². The van der Waals surface area contributed by atoms with Crippen LogP contribution in [0.3, 0.4) is 0 Å². The Balaban J connectivity index is 1.97. The molecule has 2 saturated heterocycles. The smallest absolute Gasteiger partial charge is 0.342 e. The third kappa shape index (κ3) is 4.43. The first-order valence-electron chi connectivity index (χ1n) is 13.7. The van der Waals surface area contributed by atoms with E-state index in [1.807, 2.05) is 0 Å². The van der Waals surface area contributed by atoms with Crippen molar-refractivity contribution < 1.29 is 58.2 Å². The van der Waals surface area contributed by atoms with Crippen LogP contribution in [-0.4, -0.2) is 92.6 Å². The highest BCUT2D eigenvalue weighted by atomic mass is 16.7. The summed E-state index contributed by atoms with van der Waals surface area (Å²) in [6, 6.07) is 0. The van der Waals surface area contributed by atoms with Gasteiger partial charge in [-0.25, -0.2) is 4.79 Å². The number of rotatable bonds is 5. The minimum Gasteiger partial charge on any atom is -0.462 e. The molecule has 2 aliphatic heterocycles. The minimum atomic E-state index is -2.02. The van der Waals surface area contributed by atoms with Crippen molar-refractivity contribution in [1.29, 1.82) is 0 Å². The Labute approximate surface area is 232 Å². The SMILES string of the molecule is CCCC(=O)OC1CC(OC(C)=O)C2(C)C(OC(C)=O)CC(O)C(C)=CC3OC(=O)C4(C)OC34C(O)C2C1(C)O. The molecule has 1 spiro atoms. The van der Waals surface area contributed by atoms with Crippen LogP contribution in [0.15, 0.2) is 11.6 Å². The zero-order chi connectivity index (χ0) is 30.0. The van der Waals surface area contributed by atoms with E-state index < -0.39 is 88.6 Å². The summed E-state index contributed by atoms with van der Waals surface area (Å²) in [6.45, 7) is 10.2. The monoisotopic (exact) mass is 568 g/mol. The van der Waals surface area contributed by atoms with Gasteiger partial charge in [0.05, 0.1) is 17.6 Å². The average Bonchev–Trinajstić information content (AvgIpc) is 3.42. The van der Waals surface area contributed by atoms with E-state index in [1.54, 1.807) is 20.8 Å². The van der Waals surface area contributed by atoms with Crippen molar-refractivity contribution in [2.75, 3.05) is 0 Å². The van der Waals surface area contributed by atoms with Crippen molar-refractivity contribution in [3.8, 4) is 0 Å². The van der Waals surface area contributed by atoms with Crippen LogP contribution in [-0.2, 0) is 42.9 Å². The quantitative estimate of drug-likeness (QED) is 0.185. The number of fused-ring (bicyclic) bond motifs is 1. The number of ether oxygens (including phenoxy) is 5. The molecule has 0 amide bonds. The summed E-state index contributed by atoms with van der Waals surface area (Å²) < 4.78 is 28.7. The molecule has 11 unspecified atom stereocenters. The van der Waals surface area contributed by atoms with E-state index in [4.69, 9.17) is 23.7 Å². The van der Waals surface area contributed by atoms with Gasteiger partial charge in [-0.1, -0.05) is 13.8 Å². The number of carbonyl (C=O) groups is 4. The summed E-state index contributed by atoms with van der Waals surface area (Å²) in [4.78, 5) is 50.2. The highest BCUT2D eigenvalue weighted by Gasteiger charge is 2.87. The molecule has 0 bridgehead atoms. The first-order valence-corrected chi connectivity index (χ1v) is 13.7. The van der Waals surface area contributed by atoms with E-state index in [2.05, 4.69) is 0 Å². The summed E-state index contributed by atoms with van der Waals surface area (Å²) in [6.07, 6.45) is -5.99. The molecular formula is C28H40O12. The molecule has 12 heteroatoms. The molecule has 2 aliphatic carbocycles. The summed E-state index contributed by atoms with van der Waals surface area (Å²) in [5, 5.41) is 35.7. The van der Waals surface area contributed by atoms with E-state index >= 15 is 0 Å². The maximum absolute atomic E-state index is 12.9. The zero-order valence-corrected chi connectivity index (χ0v) is 24.0. The van der Waals surface area contributed by atoms with Crippen LogP contribution < -0.4 is 0 Å². The van der Waals surface area contributed by atoms with Crippen LogP contribution in [0.1, 0.15) is 74.1 Å². The lowest BCUT2D eigenvalue weighted by atomic mass is 9.51. The summed E-state index contributed by atoms with van der Waals surface area (Å²) in [7, 11) is 0. The van der Waals surface area contributed by atoms with Gasteiger partial charge in [-0.3, -0.25) is 14.4 Å². The molecule has 11 atom stereocenters. The Morgan fingerprint density at radius 3 is 2.10 bits per heavy atom. The van der Waals surface area contributed by atoms with Crippen molar-refractivity contribution in [2.45, 2.75) is 128 Å². The fraction of sp³-hybridized carbons (Fsp3) is 0.786. The molecule has 0 aromatic rings. The normalized spacial score (nSPS) is 46.0. The topological polar surface area (TPSA) is 178 Å². The van der Waals surface area contributed by atoms with Gasteiger partial charge in [0.25, 0.3) is 0 Å². The van der Waals surface area contributed by atoms with E-state index in [-0.39, 0.29) is 19.3 Å². The standard InChI is InChI=1S/C28H40O12/c1-8-9-21(32)38-19-12-18(37-15(4)30)25(5)17(36-14(3)29)11-16(31)13(2)10-20-28(23(33)22(25)26(19,6)35)27(7,40-28)24(34)39-20/h10,16-20,22-23,31,33,35H,8-9,11-12H2,1-7H3. The summed E-state index contributed by atoms with van der Waals surface area (Å²) in [5.74, 6) is -4.12. The number of hydrogen-bond acceptors (Lipinski definition) is 12. The van der Waals surface area contributed by atoms with E-state index in [1.165, 1.54) is 33.8 Å². The second-order valence-corrected chi connectivity index (χ2v) is 12.1. The molecule has 4 aliphatic rings. The minimum absolute atomic E-state index is 0.0666. The maximum Gasteiger partial charge on any atom is 0.342 e. The van der Waals surface area contributed by atoms with Gasteiger partial charge in [0.1, 0.15) is 23.9 Å². The van der Waals surface area contributed by atoms with E-state index in [0.29, 0.717) is 12.0 Å². The predicted octanol–water partition coefficient (Wildman–Crippen LogP) is 0.864. The maximum atomic E-state index is 12.9. The third-order valence-corrected chi connectivity index (χ3v) is 9.37. The Kier molecular flexibility index (Phi) is 7.66. The van der Waals surface area contributed by atoms with E-state index in [0.717, 1.165) is 0 Å². The molecule has 0 radical (unpaired) electrons. The zero-order valence-electron chi connectivity index (χ0n) is 24.0. The number of carbonyl (C=O) groups excluding carboxylic acids is 4. The third-order valence-electron chi connectivity index (χ3n) is 9.37. The molecule has 224 valence electrons. The van der Waals surface area contributed by atoms with Gasteiger partial charge in [-0.05, 0) is 38.8 Å². The molecule has 1 saturated carbocycles. The van der Waals surface area contributed by atoms with Crippen molar-refractivity contribution in [3.63, 3.8) is 0 Å². The number of aliphatic hydroxyl groups is 3. The lowest BCUT2D eigenvalue weighted by Crippen LogP contribution is -2.72. The number of epoxide rings is 1. The van der Waals surface area contributed by atoms with Gasteiger partial charge < -0.3 is 39.0 Å². The van der Waals surface area contributed by atoms with Crippen molar-refractivity contribution in [1.82, 2.24) is 0 Å². The molecule has 2 heterocycles. The number of aliphatic hydroxyl groups excluding tert-OH is 2. The lowest BCUT2D eigenvalue weighted by Gasteiger charge is -2.59. The molecule has 3 N–H and O–H groups in total. The molecular weight excluding hydrogens is 528 g/mol. The Hall–Kier alpha value is -2.54. The summed E-state index contributed by atoms with van der Waals surface area (Å²) >= 11 is 0. The van der Waals surface area contributed by atoms with E-state index in [9.17, 15) is 34.5 Å². The lowest BCUT2D eigenvalue weighted by molar-refractivity contribution is -0.276. The fourth-order valence-corrected chi connectivity index (χ4v) is 7.19. The Morgan fingerprint density at radius 1 is 1.00 bits per heavy atom. The molecule has 12 nitrogen and oxygen atoms in total. The highest BCUT2D eigenvalue weighted by Crippen LogP contribution is 2.65. The molecule has 4 rings (SSSR count). The molecule has 40 heavy (non-hydrogen) atoms. The first kappa shape index (κ1) is 30.4. The second kappa shape index (κ2) is 10.1. The Morgan fingerprint density at radius 2 is 1.57 bits per heavy atom. The van der Waals surface area contributed by atoms with Crippen molar-refractivity contribution in [2.24, 2.45) is 11.3 Å². The van der Waals surface area contributed by atoms with Gasteiger partial charge in [0.2, 0.25) is 0 Å². The van der Waals surface area contributed by atoms with Gasteiger partial charge >= 0.3 is 23.9 Å². The second-order valence-electron chi connectivity index (χ2n) is 12.1. The Bertz CT molecular complexity index is 1110. The van der Waals surface area contributed by atoms with Gasteiger partial charge in [0.15, 0.2) is 17.3 Å². The van der Waals surface area contributed by atoms with Crippen LogP contribution in [0.25, 0.3) is 0 Å². The number of esters is 4. The van der Waals surface area contributed by atoms with Crippen LogP contribution in [0, 0.1) is 11.3 Å². The number of hydrogen-bond donors (Lipinski definition) is 3. The van der Waals surface area contributed by atoms with Gasteiger partial charge in [0, 0.05) is 39.0 Å².